The maximum absolute atomic E-state index is 6.28. The minimum atomic E-state index is 0.717. The van der Waals surface area contributed by atoms with Crippen LogP contribution in [0.3, 0.4) is 0 Å². The highest BCUT2D eigenvalue weighted by Crippen LogP contribution is 2.34. The van der Waals surface area contributed by atoms with Crippen molar-refractivity contribution in [2.45, 2.75) is 54.9 Å². The summed E-state index contributed by atoms with van der Waals surface area (Å²) >= 11 is 0. The molecule has 2 aromatic rings. The normalized spacial score (nSPS) is 10.8. The predicted octanol–water partition coefficient (Wildman–Crippen LogP) is 5.65. The fourth-order valence-electron chi connectivity index (χ4n) is 3.26. The Morgan fingerprint density at radius 2 is 1.58 bits per heavy atom. The Hall–Kier alpha value is -2.03. The summed E-state index contributed by atoms with van der Waals surface area (Å²) < 4.78 is 6.28. The first kappa shape index (κ1) is 18.3. The van der Waals surface area contributed by atoms with E-state index in [1.807, 2.05) is 6.92 Å². The van der Waals surface area contributed by atoms with Gasteiger partial charge in [0.1, 0.15) is 5.75 Å². The molecule has 0 saturated carbocycles. The lowest BCUT2D eigenvalue weighted by molar-refractivity contribution is 0.450. The molecule has 24 heavy (non-hydrogen) atoms. The van der Waals surface area contributed by atoms with Crippen molar-refractivity contribution in [2.75, 3.05) is 18.0 Å². The number of pyridine rings is 1. The smallest absolute Gasteiger partial charge is 0.224 e. The zero-order valence-corrected chi connectivity index (χ0v) is 16.2. The van der Waals surface area contributed by atoms with Gasteiger partial charge in [0.25, 0.3) is 0 Å². The van der Waals surface area contributed by atoms with Gasteiger partial charge in [-0.1, -0.05) is 24.6 Å². The van der Waals surface area contributed by atoms with E-state index in [2.05, 4.69) is 69.6 Å². The van der Waals surface area contributed by atoms with Crippen molar-refractivity contribution < 1.29 is 4.74 Å². The van der Waals surface area contributed by atoms with Gasteiger partial charge in [-0.2, -0.15) is 0 Å². The highest BCUT2D eigenvalue weighted by atomic mass is 16.5. The van der Waals surface area contributed by atoms with E-state index < -0.39 is 0 Å². The molecule has 1 heterocycles. The molecule has 3 heteroatoms. The van der Waals surface area contributed by atoms with Gasteiger partial charge in [-0.05, 0) is 65.2 Å². The molecule has 130 valence electrons. The first-order valence-electron chi connectivity index (χ1n) is 8.86. The molecule has 0 atom stereocenters. The Labute approximate surface area is 146 Å². The Morgan fingerprint density at radius 1 is 0.958 bits per heavy atom. The van der Waals surface area contributed by atoms with Gasteiger partial charge in [0.05, 0.1) is 0 Å². The topological polar surface area (TPSA) is 25.4 Å². The lowest BCUT2D eigenvalue weighted by atomic mass is 10.1. The fraction of sp³-hybridized carbons (Fsp3) is 0.476. The number of benzene rings is 1. The van der Waals surface area contributed by atoms with Crippen LogP contribution in [0.2, 0.25) is 0 Å². The summed E-state index contributed by atoms with van der Waals surface area (Å²) in [5.74, 6) is 1.64. The zero-order valence-electron chi connectivity index (χ0n) is 16.2. The van der Waals surface area contributed by atoms with Crippen LogP contribution in [0.5, 0.6) is 11.6 Å². The summed E-state index contributed by atoms with van der Waals surface area (Å²) in [4.78, 5) is 7.06. The second-order valence-electron chi connectivity index (χ2n) is 6.62. The summed E-state index contributed by atoms with van der Waals surface area (Å²) in [6.45, 7) is 16.9. The van der Waals surface area contributed by atoms with Crippen LogP contribution in [-0.4, -0.2) is 18.1 Å². The number of anilines is 1. The molecule has 0 aliphatic heterocycles. The van der Waals surface area contributed by atoms with E-state index in [0.717, 1.165) is 53.5 Å². The average molecular weight is 326 g/mol. The molecule has 0 saturated heterocycles. The van der Waals surface area contributed by atoms with Crippen molar-refractivity contribution in [1.29, 1.82) is 0 Å². The van der Waals surface area contributed by atoms with E-state index in [4.69, 9.17) is 4.74 Å². The third kappa shape index (κ3) is 3.89. The molecule has 0 radical (unpaired) electrons. The standard InChI is InChI=1S/C21H30N2O/c1-8-10-23(9-2)19-13-17(6)22-21(18(19)7)24-20-15(4)11-14(3)12-16(20)5/h11-13H,8-10H2,1-7H3. The highest BCUT2D eigenvalue weighted by Gasteiger charge is 2.16. The summed E-state index contributed by atoms with van der Waals surface area (Å²) in [7, 11) is 0. The molecule has 0 aliphatic rings. The minimum Gasteiger partial charge on any atom is -0.438 e. The molecular formula is C21H30N2O. The number of hydrogen-bond donors (Lipinski definition) is 0. The van der Waals surface area contributed by atoms with Crippen LogP contribution in [0.1, 0.15) is 48.2 Å². The predicted molar refractivity (Wildman–Crippen MR) is 103 cm³/mol. The number of aryl methyl sites for hydroxylation is 4. The second-order valence-corrected chi connectivity index (χ2v) is 6.62. The molecular weight excluding hydrogens is 296 g/mol. The molecule has 0 bridgehead atoms. The molecule has 2 rings (SSSR count). The van der Waals surface area contributed by atoms with Crippen LogP contribution in [-0.2, 0) is 0 Å². The van der Waals surface area contributed by atoms with Crippen molar-refractivity contribution in [1.82, 2.24) is 4.98 Å². The zero-order chi connectivity index (χ0) is 17.9. The third-order valence-corrected chi connectivity index (χ3v) is 4.35. The Morgan fingerprint density at radius 3 is 2.12 bits per heavy atom. The molecule has 1 aromatic carbocycles. The molecule has 0 N–H and O–H groups in total. The van der Waals surface area contributed by atoms with E-state index in [-0.39, 0.29) is 0 Å². The number of ether oxygens (including phenoxy) is 1. The van der Waals surface area contributed by atoms with Gasteiger partial charge in [-0.3, -0.25) is 0 Å². The van der Waals surface area contributed by atoms with Gasteiger partial charge >= 0.3 is 0 Å². The third-order valence-electron chi connectivity index (χ3n) is 4.35. The van der Waals surface area contributed by atoms with E-state index in [9.17, 15) is 0 Å². The SMILES string of the molecule is CCCN(CC)c1cc(C)nc(Oc2c(C)cc(C)cc2C)c1C. The monoisotopic (exact) mass is 326 g/mol. The average Bonchev–Trinajstić information content (AvgIpc) is 2.51. The van der Waals surface area contributed by atoms with E-state index in [1.165, 1.54) is 11.3 Å². The number of nitrogens with zero attached hydrogens (tertiary/aromatic N) is 2. The van der Waals surface area contributed by atoms with Crippen LogP contribution in [0.15, 0.2) is 18.2 Å². The van der Waals surface area contributed by atoms with E-state index in [0.29, 0.717) is 0 Å². The van der Waals surface area contributed by atoms with Crippen LogP contribution < -0.4 is 9.64 Å². The summed E-state index contributed by atoms with van der Waals surface area (Å²) in [5.41, 5.74) is 6.88. The van der Waals surface area contributed by atoms with E-state index >= 15 is 0 Å². The van der Waals surface area contributed by atoms with Gasteiger partial charge in [0, 0.05) is 30.0 Å². The maximum Gasteiger partial charge on any atom is 0.224 e. The summed E-state index contributed by atoms with van der Waals surface area (Å²) in [6, 6.07) is 6.48. The largest absolute Gasteiger partial charge is 0.438 e. The lowest BCUT2D eigenvalue weighted by Crippen LogP contribution is -2.24. The molecule has 1 aromatic heterocycles. The number of aromatic nitrogens is 1. The number of hydrogen-bond acceptors (Lipinski definition) is 3. The number of rotatable bonds is 6. The van der Waals surface area contributed by atoms with Crippen molar-refractivity contribution >= 4 is 5.69 Å². The first-order chi connectivity index (χ1) is 11.4. The van der Waals surface area contributed by atoms with Gasteiger partial charge in [0.2, 0.25) is 5.88 Å². The molecule has 0 aliphatic carbocycles. The molecule has 0 fully saturated rings. The van der Waals surface area contributed by atoms with Crippen molar-refractivity contribution in [3.05, 3.63) is 46.1 Å². The van der Waals surface area contributed by atoms with Crippen LogP contribution in [0.25, 0.3) is 0 Å². The van der Waals surface area contributed by atoms with Gasteiger partial charge in [-0.15, -0.1) is 0 Å². The Bertz CT molecular complexity index is 699. The van der Waals surface area contributed by atoms with Crippen LogP contribution in [0.4, 0.5) is 5.69 Å². The summed E-state index contributed by atoms with van der Waals surface area (Å²) in [6.07, 6.45) is 1.13. The quantitative estimate of drug-likeness (QED) is 0.685. The highest BCUT2D eigenvalue weighted by molar-refractivity contribution is 5.58. The molecule has 0 unspecified atom stereocenters. The molecule has 0 amide bonds. The first-order valence-corrected chi connectivity index (χ1v) is 8.86. The van der Waals surface area contributed by atoms with Crippen molar-refractivity contribution in [3.63, 3.8) is 0 Å². The molecule has 0 spiro atoms. The summed E-state index contributed by atoms with van der Waals surface area (Å²) in [5, 5.41) is 0. The molecule has 3 nitrogen and oxygen atoms in total. The maximum atomic E-state index is 6.28. The van der Waals surface area contributed by atoms with Crippen LogP contribution >= 0.6 is 0 Å². The Balaban J connectivity index is 2.47. The van der Waals surface area contributed by atoms with Gasteiger partial charge < -0.3 is 9.64 Å². The van der Waals surface area contributed by atoms with Gasteiger partial charge in [-0.25, -0.2) is 4.98 Å². The minimum absolute atomic E-state index is 0.717. The lowest BCUT2D eigenvalue weighted by Gasteiger charge is -2.26. The van der Waals surface area contributed by atoms with Gasteiger partial charge in [0.15, 0.2) is 0 Å². The van der Waals surface area contributed by atoms with E-state index in [1.54, 1.807) is 0 Å². The van der Waals surface area contributed by atoms with Crippen molar-refractivity contribution in [3.8, 4) is 11.6 Å². The van der Waals surface area contributed by atoms with Crippen molar-refractivity contribution in [2.24, 2.45) is 0 Å². The fourth-order valence-corrected chi connectivity index (χ4v) is 3.26. The Kier molecular flexibility index (Phi) is 5.87. The second kappa shape index (κ2) is 7.69. The van der Waals surface area contributed by atoms with Crippen LogP contribution in [0, 0.1) is 34.6 Å².